The molecule has 6 nitrogen and oxygen atoms in total. The molecule has 0 aliphatic carbocycles. The number of halogens is 1. The number of aliphatic hydroxyl groups excluding tert-OH is 1. The van der Waals surface area contributed by atoms with Crippen LogP contribution < -0.4 is 34.3 Å². The number of hydrogen-bond acceptors (Lipinski definition) is 6. The van der Waals surface area contributed by atoms with E-state index in [0.29, 0.717) is 47.0 Å². The molecule has 2 aromatic rings. The minimum absolute atomic E-state index is 0. The number of Topliss-reactive ketones (excluding diaryl/α,β-unsaturated/α-hetero) is 1. The molecule has 0 amide bonds. The molecule has 0 saturated carbocycles. The van der Waals surface area contributed by atoms with Gasteiger partial charge in [0.15, 0.2) is 5.78 Å². The molecule has 0 aliphatic rings. The van der Waals surface area contributed by atoms with E-state index in [1.807, 2.05) is 6.92 Å². The van der Waals surface area contributed by atoms with E-state index in [9.17, 15) is 24.2 Å². The summed E-state index contributed by atoms with van der Waals surface area (Å²) in [6.45, 7) is 7.01. The van der Waals surface area contributed by atoms with Gasteiger partial charge < -0.3 is 21.5 Å². The van der Waals surface area contributed by atoms with Gasteiger partial charge in [-0.15, -0.1) is 11.8 Å². The van der Waals surface area contributed by atoms with Crippen molar-refractivity contribution in [1.29, 1.82) is 0 Å². The van der Waals surface area contributed by atoms with E-state index in [1.54, 1.807) is 38.1 Å². The molecule has 0 spiro atoms. The summed E-state index contributed by atoms with van der Waals surface area (Å²) in [7, 11) is 0. The van der Waals surface area contributed by atoms with Gasteiger partial charge in [0.05, 0.1) is 24.7 Å². The number of rotatable bonds is 13. The molecule has 2 aromatic carbocycles. The maximum Gasteiger partial charge on any atom is 1.00 e. The van der Waals surface area contributed by atoms with Gasteiger partial charge in [-0.3, -0.25) is 9.59 Å². The number of ketones is 1. The van der Waals surface area contributed by atoms with Crippen molar-refractivity contribution in [2.75, 3.05) is 12.4 Å². The fourth-order valence-electron chi connectivity index (χ4n) is 3.69. The summed E-state index contributed by atoms with van der Waals surface area (Å²) in [6.07, 6.45) is 0.666. The Morgan fingerprint density at radius 1 is 1.23 bits per heavy atom. The predicted molar refractivity (Wildman–Crippen MR) is 131 cm³/mol. The summed E-state index contributed by atoms with van der Waals surface area (Å²) in [6, 6.07) is 7.72. The first kappa shape index (κ1) is 31.4. The second-order valence-electron chi connectivity index (χ2n) is 8.95. The van der Waals surface area contributed by atoms with Crippen LogP contribution in [-0.2, 0) is 11.2 Å². The van der Waals surface area contributed by atoms with Crippen molar-refractivity contribution < 1.29 is 65.0 Å². The van der Waals surface area contributed by atoms with Gasteiger partial charge in [0, 0.05) is 21.6 Å². The summed E-state index contributed by atoms with van der Waals surface area (Å²) < 4.78 is 20.4. The van der Waals surface area contributed by atoms with Crippen molar-refractivity contribution in [3.8, 4) is 11.5 Å². The Morgan fingerprint density at radius 2 is 1.91 bits per heavy atom. The first-order valence-corrected chi connectivity index (χ1v) is 12.3. The Hall–Kier alpha value is -1.58. The average molecular weight is 517 g/mol. The van der Waals surface area contributed by atoms with Gasteiger partial charge in [-0.25, -0.2) is 4.39 Å². The van der Waals surface area contributed by atoms with Crippen LogP contribution >= 0.6 is 11.8 Å². The van der Waals surface area contributed by atoms with Crippen LogP contribution in [0.15, 0.2) is 35.2 Å². The fourth-order valence-corrected chi connectivity index (χ4v) is 4.54. The van der Waals surface area contributed by atoms with Crippen LogP contribution in [0.25, 0.3) is 0 Å². The summed E-state index contributed by atoms with van der Waals surface area (Å²) in [4.78, 5) is 23.1. The number of carboxylic acids is 1. The van der Waals surface area contributed by atoms with Crippen LogP contribution in [0.1, 0.15) is 76.0 Å². The van der Waals surface area contributed by atoms with Gasteiger partial charge in [-0.05, 0) is 49.6 Å². The molecule has 0 saturated heterocycles. The Kier molecular flexibility index (Phi) is 12.8. The number of ether oxygens (including phenoxy) is 1. The molecule has 0 radical (unpaired) electrons. The van der Waals surface area contributed by atoms with Crippen molar-refractivity contribution in [3.63, 3.8) is 0 Å². The smallest absolute Gasteiger partial charge is 1.00 e. The third-order valence-electron chi connectivity index (χ3n) is 5.54. The number of aliphatic hydroxyl groups is 1. The number of aliphatic carboxylic acids is 1. The van der Waals surface area contributed by atoms with E-state index in [0.717, 1.165) is 6.42 Å². The molecule has 3 N–H and O–H groups in total. The molecule has 0 aliphatic heterocycles. The number of carbonyl (C=O) groups is 2. The zero-order valence-electron chi connectivity index (χ0n) is 22.1. The number of hydrogen-bond donors (Lipinski definition) is 3. The molecule has 9 heteroatoms. The standard InChI is InChI=1S/C26H33FO6S.Na.H/c1-5-7-19-21(10-9-18(16(2)28)24(19)31)33-12-6-13-34-22-11-8-17(14-20(22)27)25(32)26(3,4)15-23(29)30;;/h8-11,14,25,31-32H,5-7,12-13,15H2,1-4H3,(H,29,30);;/q;+1;-1. The van der Waals surface area contributed by atoms with E-state index >= 15 is 0 Å². The van der Waals surface area contributed by atoms with Crippen molar-refractivity contribution in [1.82, 2.24) is 0 Å². The van der Waals surface area contributed by atoms with Gasteiger partial charge in [-0.2, -0.15) is 0 Å². The van der Waals surface area contributed by atoms with E-state index in [-0.39, 0.29) is 54.5 Å². The number of phenolic OH excluding ortho intramolecular Hbond substituents is 1. The Labute approximate surface area is 234 Å². The quantitative estimate of drug-likeness (QED) is 0.163. The second kappa shape index (κ2) is 14.2. The Balaban J connectivity index is 0.00000612. The van der Waals surface area contributed by atoms with Crippen LogP contribution in [0.3, 0.4) is 0 Å². The summed E-state index contributed by atoms with van der Waals surface area (Å²) in [5.74, 6) is -0.595. The number of benzene rings is 2. The molecule has 35 heavy (non-hydrogen) atoms. The second-order valence-corrected chi connectivity index (χ2v) is 10.1. The zero-order chi connectivity index (χ0) is 25.5. The van der Waals surface area contributed by atoms with Gasteiger partial charge in [0.25, 0.3) is 0 Å². The third kappa shape index (κ3) is 8.79. The van der Waals surface area contributed by atoms with Gasteiger partial charge in [-0.1, -0.05) is 33.3 Å². The van der Waals surface area contributed by atoms with Crippen molar-refractivity contribution >= 4 is 23.5 Å². The van der Waals surface area contributed by atoms with Crippen LogP contribution in [-0.4, -0.2) is 39.4 Å². The molecular formula is C26H34FNaO6S. The maximum absolute atomic E-state index is 14.6. The third-order valence-corrected chi connectivity index (χ3v) is 6.68. The summed E-state index contributed by atoms with van der Waals surface area (Å²) >= 11 is 1.32. The number of carbonyl (C=O) groups excluding carboxylic acids is 1. The van der Waals surface area contributed by atoms with Gasteiger partial charge in [0.2, 0.25) is 0 Å². The van der Waals surface area contributed by atoms with E-state index in [1.165, 1.54) is 24.8 Å². The minimum atomic E-state index is -1.10. The molecule has 2 rings (SSSR count). The maximum atomic E-state index is 14.6. The number of carboxylic acid groups (broad SMARTS) is 1. The topological polar surface area (TPSA) is 104 Å². The van der Waals surface area contributed by atoms with E-state index in [4.69, 9.17) is 9.84 Å². The molecule has 1 atom stereocenters. The van der Waals surface area contributed by atoms with Gasteiger partial charge in [0.1, 0.15) is 17.3 Å². The minimum Gasteiger partial charge on any atom is -1.00 e. The summed E-state index contributed by atoms with van der Waals surface area (Å²) in [5, 5.41) is 29.9. The normalized spacial score (nSPS) is 12.1. The van der Waals surface area contributed by atoms with Crippen LogP contribution in [0.2, 0.25) is 0 Å². The Morgan fingerprint density at radius 3 is 2.49 bits per heavy atom. The van der Waals surface area contributed by atoms with Crippen LogP contribution in [0.5, 0.6) is 11.5 Å². The van der Waals surface area contributed by atoms with Crippen LogP contribution in [0, 0.1) is 11.2 Å². The van der Waals surface area contributed by atoms with Gasteiger partial charge >= 0.3 is 35.5 Å². The molecule has 188 valence electrons. The molecule has 0 heterocycles. The average Bonchev–Trinajstić information content (AvgIpc) is 2.75. The molecular weight excluding hydrogens is 482 g/mol. The summed E-state index contributed by atoms with van der Waals surface area (Å²) in [5.41, 5.74) is 0.308. The SMILES string of the molecule is CCCc1c(OCCCSc2ccc(C(O)C(C)(C)CC(=O)O)cc2F)ccc(C(C)=O)c1O.[H-].[Na+]. The largest absolute Gasteiger partial charge is 1.00 e. The molecule has 0 fully saturated rings. The number of phenols is 1. The van der Waals surface area contributed by atoms with Crippen molar-refractivity contribution in [3.05, 3.63) is 52.8 Å². The molecule has 1 unspecified atom stereocenters. The van der Waals surface area contributed by atoms with E-state index < -0.39 is 23.3 Å². The number of thioether (sulfide) groups is 1. The predicted octanol–water partition coefficient (Wildman–Crippen LogP) is 2.90. The van der Waals surface area contributed by atoms with Crippen molar-refractivity contribution in [2.45, 2.75) is 64.4 Å². The Bertz CT molecular complexity index is 1030. The van der Waals surface area contributed by atoms with Crippen molar-refractivity contribution in [2.24, 2.45) is 5.41 Å². The molecule has 0 bridgehead atoms. The first-order valence-electron chi connectivity index (χ1n) is 11.3. The molecule has 0 aromatic heterocycles. The monoisotopic (exact) mass is 516 g/mol. The van der Waals surface area contributed by atoms with Crippen LogP contribution in [0.4, 0.5) is 4.39 Å². The fraction of sp³-hybridized carbons (Fsp3) is 0.462. The number of aromatic hydroxyl groups is 1. The van der Waals surface area contributed by atoms with E-state index in [2.05, 4.69) is 0 Å². The first-order chi connectivity index (χ1) is 16.0. The zero-order valence-corrected chi connectivity index (χ0v) is 23.9.